The number of benzene rings is 1. The highest BCUT2D eigenvalue weighted by atomic mass is 79.9. The molecule has 0 spiro atoms. The number of nitrogens with two attached hydrogens (primary N) is 1. The van der Waals surface area contributed by atoms with E-state index in [0.717, 1.165) is 16.6 Å². The molecule has 1 aromatic carbocycles. The molecule has 21 heavy (non-hydrogen) atoms. The minimum Gasteiger partial charge on any atom is -0.369 e. The van der Waals surface area contributed by atoms with E-state index in [2.05, 4.69) is 73.3 Å². The van der Waals surface area contributed by atoms with Crippen molar-refractivity contribution in [3.05, 3.63) is 28.7 Å². The molecule has 1 aromatic rings. The largest absolute Gasteiger partial charge is 0.369 e. The molecule has 1 saturated heterocycles. The fraction of sp³-hybridized carbons (Fsp3) is 0.625. The van der Waals surface area contributed by atoms with Crippen molar-refractivity contribution in [1.82, 2.24) is 5.43 Å². The van der Waals surface area contributed by atoms with Gasteiger partial charge in [0.25, 0.3) is 0 Å². The first kappa shape index (κ1) is 17.3. The molecule has 0 bridgehead atoms. The van der Waals surface area contributed by atoms with Gasteiger partial charge in [0.2, 0.25) is 0 Å². The van der Waals surface area contributed by atoms with Gasteiger partial charge in [0, 0.05) is 27.1 Å². The molecule has 118 valence electrons. The first-order valence-corrected chi connectivity index (χ1v) is 9.06. The van der Waals surface area contributed by atoms with Gasteiger partial charge < -0.3 is 4.74 Å². The van der Waals surface area contributed by atoms with Gasteiger partial charge in [0.1, 0.15) is 0 Å². The van der Waals surface area contributed by atoms with Crippen molar-refractivity contribution in [2.75, 3.05) is 5.75 Å². The summed E-state index contributed by atoms with van der Waals surface area (Å²) in [4.78, 5) is 1.26. The molecule has 1 aliphatic heterocycles. The molecule has 2 unspecified atom stereocenters. The summed E-state index contributed by atoms with van der Waals surface area (Å²) in [5.41, 5.74) is 2.78. The van der Waals surface area contributed by atoms with E-state index in [1.807, 2.05) is 11.8 Å². The van der Waals surface area contributed by atoms with Crippen LogP contribution < -0.4 is 11.3 Å². The Morgan fingerprint density at radius 2 is 1.95 bits per heavy atom. The van der Waals surface area contributed by atoms with Crippen LogP contribution >= 0.6 is 27.7 Å². The van der Waals surface area contributed by atoms with Gasteiger partial charge >= 0.3 is 0 Å². The van der Waals surface area contributed by atoms with Gasteiger partial charge in [-0.1, -0.05) is 15.9 Å². The molecule has 2 rings (SSSR count). The predicted molar refractivity (Wildman–Crippen MR) is 93.3 cm³/mol. The Balaban J connectivity index is 2.01. The zero-order valence-corrected chi connectivity index (χ0v) is 15.6. The third kappa shape index (κ3) is 4.45. The predicted octanol–water partition coefficient (Wildman–Crippen LogP) is 3.97. The zero-order valence-electron chi connectivity index (χ0n) is 13.2. The summed E-state index contributed by atoms with van der Waals surface area (Å²) >= 11 is 5.29. The van der Waals surface area contributed by atoms with Crippen LogP contribution in [0.1, 0.15) is 34.1 Å². The molecule has 3 nitrogen and oxygen atoms in total. The maximum Gasteiger partial charge on any atom is 0.0678 e. The Morgan fingerprint density at radius 3 is 2.43 bits per heavy atom. The van der Waals surface area contributed by atoms with Crippen molar-refractivity contribution in [3.63, 3.8) is 0 Å². The van der Waals surface area contributed by atoms with E-state index in [0.29, 0.717) is 5.92 Å². The second-order valence-electron chi connectivity index (χ2n) is 6.81. The molecule has 0 aliphatic carbocycles. The lowest BCUT2D eigenvalue weighted by molar-refractivity contribution is -0.0769. The second-order valence-corrected chi connectivity index (χ2v) is 8.82. The highest BCUT2D eigenvalue weighted by Gasteiger charge is 2.48. The molecule has 0 amide bonds. The number of nitrogens with one attached hydrogen (secondary N) is 1. The molecule has 1 aliphatic rings. The van der Waals surface area contributed by atoms with Crippen molar-refractivity contribution < 1.29 is 4.74 Å². The van der Waals surface area contributed by atoms with Gasteiger partial charge in [-0.15, -0.1) is 11.8 Å². The van der Waals surface area contributed by atoms with Crippen LogP contribution in [0, 0.1) is 5.92 Å². The van der Waals surface area contributed by atoms with E-state index in [1.165, 1.54) is 4.90 Å². The fourth-order valence-corrected chi connectivity index (χ4v) is 4.52. The van der Waals surface area contributed by atoms with Crippen molar-refractivity contribution in [1.29, 1.82) is 0 Å². The number of rotatable bonds is 5. The van der Waals surface area contributed by atoms with E-state index >= 15 is 0 Å². The van der Waals surface area contributed by atoms with Gasteiger partial charge in [0.05, 0.1) is 11.2 Å². The molecule has 1 heterocycles. The fourth-order valence-electron chi connectivity index (χ4n) is 3.23. The highest BCUT2D eigenvalue weighted by Crippen LogP contribution is 2.44. The Labute approximate surface area is 140 Å². The Bertz CT molecular complexity index is 476. The summed E-state index contributed by atoms with van der Waals surface area (Å²) in [7, 11) is 0. The van der Waals surface area contributed by atoms with Gasteiger partial charge in [0.15, 0.2) is 0 Å². The zero-order chi connectivity index (χ0) is 15.7. The molecule has 2 atom stereocenters. The summed E-state index contributed by atoms with van der Waals surface area (Å²) < 4.78 is 7.29. The van der Waals surface area contributed by atoms with Crippen LogP contribution in [0.3, 0.4) is 0 Å². The molecule has 1 fully saturated rings. The SMILES string of the molecule is CC1(C)CC(C(CSc2ccc(Br)cc2)NN)C(C)(C)O1. The molecular formula is C16H25BrN2OS. The minimum atomic E-state index is -0.152. The van der Waals surface area contributed by atoms with Crippen molar-refractivity contribution in [2.24, 2.45) is 11.8 Å². The minimum absolute atomic E-state index is 0.0778. The lowest BCUT2D eigenvalue weighted by Crippen LogP contribution is -2.48. The molecule has 0 aromatic heterocycles. The van der Waals surface area contributed by atoms with E-state index in [4.69, 9.17) is 10.6 Å². The van der Waals surface area contributed by atoms with Crippen LogP contribution in [0.25, 0.3) is 0 Å². The van der Waals surface area contributed by atoms with Gasteiger partial charge in [-0.2, -0.15) is 0 Å². The monoisotopic (exact) mass is 372 g/mol. The smallest absolute Gasteiger partial charge is 0.0678 e. The number of thioether (sulfide) groups is 1. The van der Waals surface area contributed by atoms with Crippen LogP contribution in [0.5, 0.6) is 0 Å². The lowest BCUT2D eigenvalue weighted by Gasteiger charge is -2.32. The van der Waals surface area contributed by atoms with Crippen LogP contribution in [0.2, 0.25) is 0 Å². The average Bonchev–Trinajstić information content (AvgIpc) is 2.61. The first-order valence-electron chi connectivity index (χ1n) is 7.28. The third-order valence-corrected chi connectivity index (χ3v) is 5.75. The maximum atomic E-state index is 6.19. The highest BCUT2D eigenvalue weighted by molar-refractivity contribution is 9.10. The Hall–Kier alpha value is -0.0700. The van der Waals surface area contributed by atoms with Gasteiger partial charge in [-0.25, -0.2) is 0 Å². The van der Waals surface area contributed by atoms with Crippen molar-refractivity contribution in [3.8, 4) is 0 Å². The lowest BCUT2D eigenvalue weighted by atomic mass is 9.82. The van der Waals surface area contributed by atoms with Crippen LogP contribution in [0.15, 0.2) is 33.6 Å². The third-order valence-electron chi connectivity index (χ3n) is 4.09. The number of hydrogen-bond acceptors (Lipinski definition) is 4. The van der Waals surface area contributed by atoms with E-state index in [-0.39, 0.29) is 17.2 Å². The number of halogens is 1. The van der Waals surface area contributed by atoms with Crippen LogP contribution in [-0.4, -0.2) is 23.0 Å². The second kappa shape index (κ2) is 6.59. The summed E-state index contributed by atoms with van der Waals surface area (Å²) in [6, 6.07) is 8.62. The van der Waals surface area contributed by atoms with Crippen molar-refractivity contribution >= 4 is 27.7 Å². The summed E-state index contributed by atoms with van der Waals surface area (Å²) in [6.45, 7) is 8.65. The maximum absolute atomic E-state index is 6.19. The van der Waals surface area contributed by atoms with E-state index < -0.39 is 0 Å². The number of hydrazine groups is 1. The van der Waals surface area contributed by atoms with Gasteiger partial charge in [-0.3, -0.25) is 11.3 Å². The number of ether oxygens (including phenoxy) is 1. The normalized spacial score (nSPS) is 25.0. The molecular weight excluding hydrogens is 348 g/mol. The Morgan fingerprint density at radius 1 is 1.33 bits per heavy atom. The molecule has 0 radical (unpaired) electrons. The average molecular weight is 373 g/mol. The van der Waals surface area contributed by atoms with Gasteiger partial charge in [-0.05, 0) is 58.4 Å². The summed E-state index contributed by atoms with van der Waals surface area (Å²) in [6.07, 6.45) is 1.02. The topological polar surface area (TPSA) is 47.3 Å². The first-order chi connectivity index (χ1) is 9.73. The summed E-state index contributed by atoms with van der Waals surface area (Å²) in [5.74, 6) is 7.16. The summed E-state index contributed by atoms with van der Waals surface area (Å²) in [5, 5.41) is 0. The quantitative estimate of drug-likeness (QED) is 0.466. The van der Waals surface area contributed by atoms with Crippen LogP contribution in [-0.2, 0) is 4.74 Å². The van der Waals surface area contributed by atoms with E-state index in [1.54, 1.807) is 0 Å². The number of hydrogen-bond donors (Lipinski definition) is 2. The standard InChI is InChI=1S/C16H25BrN2OS/c1-15(2)9-13(16(3,4)20-15)14(19-18)10-21-12-7-5-11(17)6-8-12/h5-8,13-14,19H,9-10,18H2,1-4H3. The van der Waals surface area contributed by atoms with Crippen LogP contribution in [0.4, 0.5) is 0 Å². The van der Waals surface area contributed by atoms with E-state index in [9.17, 15) is 0 Å². The molecule has 5 heteroatoms. The molecule has 3 N–H and O–H groups in total. The Kier molecular flexibility index (Phi) is 5.42. The van der Waals surface area contributed by atoms with Crippen molar-refractivity contribution in [2.45, 2.75) is 56.3 Å². The molecule has 0 saturated carbocycles.